The Morgan fingerprint density at radius 1 is 1.19 bits per heavy atom. The summed E-state index contributed by atoms with van der Waals surface area (Å²) < 4.78 is 0. The number of aromatic nitrogens is 1. The second-order valence-corrected chi connectivity index (χ2v) is 5.86. The first-order chi connectivity index (χ1) is 10.3. The molecular formula is C19H21NO. The second-order valence-electron chi connectivity index (χ2n) is 5.86. The van der Waals surface area contributed by atoms with Crippen LogP contribution in [0.3, 0.4) is 0 Å². The molecular weight excluding hydrogens is 258 g/mol. The zero-order valence-electron chi connectivity index (χ0n) is 12.5. The minimum Gasteiger partial charge on any atom is -0.299 e. The van der Waals surface area contributed by atoms with E-state index in [1.165, 1.54) is 16.7 Å². The SMILES string of the molecule is CCc1ccc(CC(=O)C2CCc3ccccc3C2)nc1. The zero-order chi connectivity index (χ0) is 14.7. The Hall–Kier alpha value is -1.96. The van der Waals surface area contributed by atoms with Crippen LogP contribution in [0.15, 0.2) is 42.6 Å². The molecule has 1 heterocycles. The van der Waals surface area contributed by atoms with E-state index in [0.29, 0.717) is 12.2 Å². The van der Waals surface area contributed by atoms with Crippen molar-refractivity contribution in [2.75, 3.05) is 0 Å². The molecule has 0 fully saturated rings. The van der Waals surface area contributed by atoms with Gasteiger partial charge in [0, 0.05) is 24.2 Å². The van der Waals surface area contributed by atoms with Crippen LogP contribution < -0.4 is 0 Å². The van der Waals surface area contributed by atoms with Crippen molar-refractivity contribution in [2.45, 2.75) is 39.0 Å². The largest absolute Gasteiger partial charge is 0.299 e. The number of nitrogens with zero attached hydrogens (tertiary/aromatic N) is 1. The quantitative estimate of drug-likeness (QED) is 0.856. The average Bonchev–Trinajstić information content (AvgIpc) is 2.55. The Morgan fingerprint density at radius 3 is 2.71 bits per heavy atom. The number of hydrogen-bond acceptors (Lipinski definition) is 2. The minimum absolute atomic E-state index is 0.160. The van der Waals surface area contributed by atoms with Crippen LogP contribution in [0.25, 0.3) is 0 Å². The van der Waals surface area contributed by atoms with Crippen molar-refractivity contribution in [1.29, 1.82) is 0 Å². The highest BCUT2D eigenvalue weighted by molar-refractivity contribution is 5.83. The van der Waals surface area contributed by atoms with Crippen LogP contribution in [-0.2, 0) is 30.5 Å². The number of hydrogen-bond donors (Lipinski definition) is 0. The van der Waals surface area contributed by atoms with Gasteiger partial charge in [-0.25, -0.2) is 0 Å². The number of ketones is 1. The van der Waals surface area contributed by atoms with E-state index >= 15 is 0 Å². The molecule has 0 saturated heterocycles. The van der Waals surface area contributed by atoms with E-state index in [0.717, 1.165) is 31.4 Å². The molecule has 3 rings (SSSR count). The summed E-state index contributed by atoms with van der Waals surface area (Å²) in [6, 6.07) is 12.6. The van der Waals surface area contributed by atoms with E-state index in [-0.39, 0.29) is 5.92 Å². The minimum atomic E-state index is 0.160. The molecule has 1 aliphatic carbocycles. The first-order valence-electron chi connectivity index (χ1n) is 7.79. The van der Waals surface area contributed by atoms with E-state index in [9.17, 15) is 4.79 Å². The third-order valence-corrected chi connectivity index (χ3v) is 4.45. The third-order valence-electron chi connectivity index (χ3n) is 4.45. The first-order valence-corrected chi connectivity index (χ1v) is 7.79. The Balaban J connectivity index is 1.66. The molecule has 0 spiro atoms. The van der Waals surface area contributed by atoms with Gasteiger partial charge in [0.2, 0.25) is 0 Å². The van der Waals surface area contributed by atoms with Crippen molar-refractivity contribution < 1.29 is 4.79 Å². The van der Waals surface area contributed by atoms with Crippen molar-refractivity contribution in [3.8, 4) is 0 Å². The van der Waals surface area contributed by atoms with E-state index in [1.807, 2.05) is 12.3 Å². The van der Waals surface area contributed by atoms with Gasteiger partial charge in [-0.2, -0.15) is 0 Å². The molecule has 0 amide bonds. The molecule has 108 valence electrons. The summed E-state index contributed by atoms with van der Waals surface area (Å²) >= 11 is 0. The normalized spacial score (nSPS) is 17.3. The van der Waals surface area contributed by atoms with Gasteiger partial charge in [0.25, 0.3) is 0 Å². The molecule has 0 bridgehead atoms. The van der Waals surface area contributed by atoms with Crippen LogP contribution in [0.1, 0.15) is 35.7 Å². The number of Topliss-reactive ketones (excluding diaryl/α,β-unsaturated/α-hetero) is 1. The molecule has 0 saturated carbocycles. The molecule has 0 radical (unpaired) electrons. The molecule has 0 N–H and O–H groups in total. The maximum atomic E-state index is 12.5. The van der Waals surface area contributed by atoms with Gasteiger partial charge < -0.3 is 0 Å². The van der Waals surface area contributed by atoms with Crippen molar-refractivity contribution in [1.82, 2.24) is 4.98 Å². The number of rotatable bonds is 4. The van der Waals surface area contributed by atoms with Gasteiger partial charge in [-0.05, 0) is 48.4 Å². The van der Waals surface area contributed by atoms with Crippen molar-refractivity contribution >= 4 is 5.78 Å². The van der Waals surface area contributed by atoms with Gasteiger partial charge in [0.15, 0.2) is 0 Å². The lowest BCUT2D eigenvalue weighted by atomic mass is 9.81. The highest BCUT2D eigenvalue weighted by Crippen LogP contribution is 2.26. The number of benzene rings is 1. The molecule has 1 atom stereocenters. The summed E-state index contributed by atoms with van der Waals surface area (Å²) in [7, 11) is 0. The predicted octanol–water partition coefficient (Wildman–Crippen LogP) is 3.56. The lowest BCUT2D eigenvalue weighted by Crippen LogP contribution is -2.24. The van der Waals surface area contributed by atoms with Crippen molar-refractivity contribution in [3.05, 3.63) is 65.0 Å². The Kier molecular flexibility index (Phi) is 4.14. The van der Waals surface area contributed by atoms with Gasteiger partial charge in [0.1, 0.15) is 5.78 Å². The monoisotopic (exact) mass is 279 g/mol. The molecule has 1 unspecified atom stereocenters. The maximum absolute atomic E-state index is 12.5. The highest BCUT2D eigenvalue weighted by Gasteiger charge is 2.24. The van der Waals surface area contributed by atoms with Gasteiger partial charge in [-0.15, -0.1) is 0 Å². The Labute approximate surface area is 126 Å². The van der Waals surface area contributed by atoms with Crippen LogP contribution in [0.5, 0.6) is 0 Å². The van der Waals surface area contributed by atoms with Crippen LogP contribution in [0.4, 0.5) is 0 Å². The molecule has 1 aromatic carbocycles. The molecule has 21 heavy (non-hydrogen) atoms. The first kappa shape index (κ1) is 14.0. The van der Waals surface area contributed by atoms with Crippen LogP contribution in [0, 0.1) is 5.92 Å². The standard InChI is InChI=1S/C19H21NO/c1-2-14-7-10-18(20-13-14)12-19(21)17-9-8-15-5-3-4-6-16(15)11-17/h3-7,10,13,17H,2,8-9,11-12H2,1H3. The van der Waals surface area contributed by atoms with Gasteiger partial charge in [-0.1, -0.05) is 37.3 Å². The Bertz CT molecular complexity index is 630. The van der Waals surface area contributed by atoms with Crippen LogP contribution in [-0.4, -0.2) is 10.8 Å². The molecule has 1 aliphatic rings. The van der Waals surface area contributed by atoms with Gasteiger partial charge in [-0.3, -0.25) is 9.78 Å². The van der Waals surface area contributed by atoms with Crippen molar-refractivity contribution in [2.24, 2.45) is 5.92 Å². The number of aryl methyl sites for hydroxylation is 2. The number of carbonyl (C=O) groups excluding carboxylic acids is 1. The van der Waals surface area contributed by atoms with Crippen molar-refractivity contribution in [3.63, 3.8) is 0 Å². The van der Waals surface area contributed by atoms with E-state index in [4.69, 9.17) is 0 Å². The predicted molar refractivity (Wildman–Crippen MR) is 84.3 cm³/mol. The van der Waals surface area contributed by atoms with E-state index < -0.39 is 0 Å². The van der Waals surface area contributed by atoms with E-state index in [2.05, 4.69) is 42.2 Å². The summed E-state index contributed by atoms with van der Waals surface area (Å²) in [6.45, 7) is 2.11. The van der Waals surface area contributed by atoms with Gasteiger partial charge >= 0.3 is 0 Å². The molecule has 1 aromatic heterocycles. The van der Waals surface area contributed by atoms with Crippen LogP contribution in [0.2, 0.25) is 0 Å². The molecule has 2 aromatic rings. The second kappa shape index (κ2) is 6.21. The lowest BCUT2D eigenvalue weighted by molar-refractivity contribution is -0.122. The Morgan fingerprint density at radius 2 is 2.00 bits per heavy atom. The lowest BCUT2D eigenvalue weighted by Gasteiger charge is -2.23. The topological polar surface area (TPSA) is 30.0 Å². The number of fused-ring (bicyclic) bond motifs is 1. The summed E-state index contributed by atoms with van der Waals surface area (Å²) in [5, 5.41) is 0. The zero-order valence-corrected chi connectivity index (χ0v) is 12.5. The third kappa shape index (κ3) is 3.21. The molecule has 2 heteroatoms. The van der Waals surface area contributed by atoms with E-state index in [1.54, 1.807) is 0 Å². The maximum Gasteiger partial charge on any atom is 0.142 e. The molecule has 0 aliphatic heterocycles. The summed E-state index contributed by atoms with van der Waals surface area (Å²) in [4.78, 5) is 16.9. The fourth-order valence-corrected chi connectivity index (χ4v) is 3.06. The number of pyridine rings is 1. The van der Waals surface area contributed by atoms with Crippen LogP contribution >= 0.6 is 0 Å². The number of carbonyl (C=O) groups is 1. The summed E-state index contributed by atoms with van der Waals surface area (Å²) in [5.74, 6) is 0.494. The smallest absolute Gasteiger partial charge is 0.142 e. The average molecular weight is 279 g/mol. The molecule has 2 nitrogen and oxygen atoms in total. The highest BCUT2D eigenvalue weighted by atomic mass is 16.1. The summed E-state index contributed by atoms with van der Waals surface area (Å²) in [6.07, 6.45) is 6.23. The summed E-state index contributed by atoms with van der Waals surface area (Å²) in [5.41, 5.74) is 4.87. The van der Waals surface area contributed by atoms with Gasteiger partial charge in [0.05, 0.1) is 0 Å². The fourth-order valence-electron chi connectivity index (χ4n) is 3.06. The fraction of sp³-hybridized carbons (Fsp3) is 0.368.